The molecular weight excluding hydrogens is 274 g/mol. The highest BCUT2D eigenvalue weighted by Crippen LogP contribution is 2.27. The lowest BCUT2D eigenvalue weighted by atomic mass is 10.2. The topological polar surface area (TPSA) is 49.8 Å². The first-order valence-electron chi connectivity index (χ1n) is 6.36. The Balaban J connectivity index is 2.90. The molecule has 0 spiro atoms. The number of aliphatic hydroxyl groups is 1. The van der Waals surface area contributed by atoms with Gasteiger partial charge in [-0.15, -0.1) is 6.58 Å². The molecule has 0 aliphatic rings. The van der Waals surface area contributed by atoms with E-state index < -0.39 is 17.7 Å². The zero-order chi connectivity index (χ0) is 15.2. The molecule has 1 amide bonds. The number of aliphatic hydroxyl groups excluding tert-OH is 1. The second-order valence-electron chi connectivity index (χ2n) is 5.20. The maximum absolute atomic E-state index is 12.2. The van der Waals surface area contributed by atoms with Crippen LogP contribution in [-0.4, -0.2) is 33.8 Å². The Bertz CT molecular complexity index is 442. The molecule has 0 aliphatic heterocycles. The Morgan fingerprint density at radius 2 is 2.05 bits per heavy atom. The zero-order valence-corrected chi connectivity index (χ0v) is 12.9. The van der Waals surface area contributed by atoms with Gasteiger partial charge in [-0.3, -0.25) is 0 Å². The molecule has 0 aliphatic carbocycles. The van der Waals surface area contributed by atoms with Crippen LogP contribution in [-0.2, 0) is 4.74 Å². The van der Waals surface area contributed by atoms with Crippen LogP contribution in [0.15, 0.2) is 47.9 Å². The largest absolute Gasteiger partial charge is 0.443 e. The van der Waals surface area contributed by atoms with Gasteiger partial charge < -0.3 is 9.84 Å². The maximum atomic E-state index is 12.2. The maximum Gasteiger partial charge on any atom is 0.421 e. The molecule has 20 heavy (non-hydrogen) atoms. The van der Waals surface area contributed by atoms with Crippen LogP contribution in [0.1, 0.15) is 20.8 Å². The average Bonchev–Trinajstić information content (AvgIpc) is 2.38. The van der Waals surface area contributed by atoms with Gasteiger partial charge in [-0.25, -0.2) is 9.10 Å². The first-order valence-corrected chi connectivity index (χ1v) is 7.13. The highest BCUT2D eigenvalue weighted by molar-refractivity contribution is 7.97. The summed E-state index contributed by atoms with van der Waals surface area (Å²) in [6.07, 6.45) is 1.03. The van der Waals surface area contributed by atoms with Crippen molar-refractivity contribution in [2.45, 2.75) is 37.3 Å². The Hall–Kier alpha value is -1.46. The first kappa shape index (κ1) is 16.6. The number of carbonyl (C=O) groups excluding carboxylic acids is 1. The molecule has 1 unspecified atom stereocenters. The van der Waals surface area contributed by atoms with Crippen molar-refractivity contribution in [2.24, 2.45) is 0 Å². The summed E-state index contributed by atoms with van der Waals surface area (Å²) in [5.74, 6) is 0. The van der Waals surface area contributed by atoms with E-state index in [0.717, 1.165) is 4.90 Å². The summed E-state index contributed by atoms with van der Waals surface area (Å²) >= 11 is 1.22. The quantitative estimate of drug-likeness (QED) is 0.667. The Labute approximate surface area is 124 Å². The van der Waals surface area contributed by atoms with E-state index in [1.54, 1.807) is 20.8 Å². The number of benzene rings is 1. The fourth-order valence-electron chi connectivity index (χ4n) is 1.39. The molecule has 0 saturated carbocycles. The number of ether oxygens (including phenoxy) is 1. The average molecular weight is 295 g/mol. The molecule has 1 rings (SSSR count). The third-order valence-electron chi connectivity index (χ3n) is 2.28. The van der Waals surface area contributed by atoms with Gasteiger partial charge in [-0.05, 0) is 44.9 Å². The molecule has 0 bridgehead atoms. The van der Waals surface area contributed by atoms with Gasteiger partial charge in [0.25, 0.3) is 0 Å². The molecule has 1 N–H and O–H groups in total. The summed E-state index contributed by atoms with van der Waals surface area (Å²) < 4.78 is 6.76. The van der Waals surface area contributed by atoms with Crippen molar-refractivity contribution in [1.29, 1.82) is 0 Å². The van der Waals surface area contributed by atoms with Crippen LogP contribution in [0.2, 0.25) is 0 Å². The van der Waals surface area contributed by atoms with Crippen LogP contribution < -0.4 is 0 Å². The van der Waals surface area contributed by atoms with Gasteiger partial charge in [0.05, 0.1) is 12.6 Å². The Morgan fingerprint density at radius 1 is 1.45 bits per heavy atom. The normalized spacial score (nSPS) is 12.6. The molecule has 1 atom stereocenters. The van der Waals surface area contributed by atoms with Crippen LogP contribution >= 0.6 is 11.9 Å². The van der Waals surface area contributed by atoms with Crippen molar-refractivity contribution >= 4 is 18.0 Å². The number of amides is 1. The number of hydrogen-bond acceptors (Lipinski definition) is 4. The predicted molar refractivity (Wildman–Crippen MR) is 81.4 cm³/mol. The van der Waals surface area contributed by atoms with Crippen LogP contribution in [0.4, 0.5) is 4.79 Å². The smallest absolute Gasteiger partial charge is 0.421 e. The SMILES string of the molecule is C=CC(CO)N(Sc1ccccc1)C(=O)OC(C)(C)C. The summed E-state index contributed by atoms with van der Waals surface area (Å²) in [7, 11) is 0. The van der Waals surface area contributed by atoms with E-state index in [9.17, 15) is 9.90 Å². The number of rotatable bonds is 5. The van der Waals surface area contributed by atoms with Crippen molar-refractivity contribution in [2.75, 3.05) is 6.61 Å². The van der Waals surface area contributed by atoms with E-state index in [-0.39, 0.29) is 6.61 Å². The van der Waals surface area contributed by atoms with Gasteiger partial charge in [0.1, 0.15) is 5.60 Å². The van der Waals surface area contributed by atoms with Crippen molar-refractivity contribution < 1.29 is 14.6 Å². The molecule has 1 aromatic carbocycles. The van der Waals surface area contributed by atoms with E-state index in [4.69, 9.17) is 4.74 Å². The predicted octanol–water partition coefficient (Wildman–Crippen LogP) is 3.48. The van der Waals surface area contributed by atoms with Crippen molar-refractivity contribution in [3.05, 3.63) is 43.0 Å². The van der Waals surface area contributed by atoms with E-state index in [1.165, 1.54) is 22.3 Å². The fourth-order valence-corrected chi connectivity index (χ4v) is 2.29. The van der Waals surface area contributed by atoms with Crippen LogP contribution in [0, 0.1) is 0 Å². The Kier molecular flexibility index (Phi) is 6.10. The number of hydrogen-bond donors (Lipinski definition) is 1. The van der Waals surface area contributed by atoms with Crippen LogP contribution in [0.25, 0.3) is 0 Å². The lowest BCUT2D eigenvalue weighted by Crippen LogP contribution is -2.39. The zero-order valence-electron chi connectivity index (χ0n) is 12.1. The highest BCUT2D eigenvalue weighted by atomic mass is 32.2. The van der Waals surface area contributed by atoms with E-state index in [0.29, 0.717) is 0 Å². The minimum Gasteiger partial charge on any atom is -0.443 e. The summed E-state index contributed by atoms with van der Waals surface area (Å²) in [5, 5.41) is 9.39. The van der Waals surface area contributed by atoms with Gasteiger partial charge >= 0.3 is 6.09 Å². The van der Waals surface area contributed by atoms with Gasteiger partial charge in [0.2, 0.25) is 0 Å². The minimum atomic E-state index is -0.590. The van der Waals surface area contributed by atoms with Crippen molar-refractivity contribution in [1.82, 2.24) is 4.31 Å². The first-order chi connectivity index (χ1) is 9.37. The lowest BCUT2D eigenvalue weighted by molar-refractivity contribution is 0.0346. The van der Waals surface area contributed by atoms with Gasteiger partial charge in [-0.2, -0.15) is 0 Å². The molecule has 4 nitrogen and oxygen atoms in total. The van der Waals surface area contributed by atoms with Gasteiger partial charge in [-0.1, -0.05) is 24.3 Å². The number of nitrogens with zero attached hydrogens (tertiary/aromatic N) is 1. The molecule has 5 heteroatoms. The van der Waals surface area contributed by atoms with Gasteiger partial charge in [0, 0.05) is 4.90 Å². The van der Waals surface area contributed by atoms with Crippen LogP contribution in [0.3, 0.4) is 0 Å². The molecule has 0 radical (unpaired) electrons. The molecule has 0 heterocycles. The minimum absolute atomic E-state index is 0.206. The van der Waals surface area contributed by atoms with E-state index in [2.05, 4.69) is 6.58 Å². The third kappa shape index (κ3) is 5.27. The van der Waals surface area contributed by atoms with Crippen molar-refractivity contribution in [3.8, 4) is 0 Å². The molecular formula is C15H21NO3S. The molecule has 1 aromatic rings. The van der Waals surface area contributed by atoms with Crippen LogP contribution in [0.5, 0.6) is 0 Å². The Morgan fingerprint density at radius 3 is 2.50 bits per heavy atom. The van der Waals surface area contributed by atoms with E-state index in [1.807, 2.05) is 30.3 Å². The monoisotopic (exact) mass is 295 g/mol. The molecule has 0 saturated heterocycles. The molecule has 110 valence electrons. The number of carbonyl (C=O) groups is 1. The molecule has 0 fully saturated rings. The lowest BCUT2D eigenvalue weighted by Gasteiger charge is -2.30. The third-order valence-corrected chi connectivity index (χ3v) is 3.38. The summed E-state index contributed by atoms with van der Waals surface area (Å²) in [6.45, 7) is 8.86. The second kappa shape index (κ2) is 7.36. The second-order valence-corrected chi connectivity index (χ2v) is 6.24. The highest BCUT2D eigenvalue weighted by Gasteiger charge is 2.27. The van der Waals surface area contributed by atoms with Gasteiger partial charge in [0.15, 0.2) is 0 Å². The van der Waals surface area contributed by atoms with Crippen molar-refractivity contribution in [3.63, 3.8) is 0 Å². The standard InChI is InChI=1S/C15H21NO3S/c1-5-12(11-17)16(14(18)19-15(2,3)4)20-13-9-7-6-8-10-13/h5-10,12,17H,1,11H2,2-4H3. The summed E-state index contributed by atoms with van der Waals surface area (Å²) in [4.78, 5) is 13.1. The summed E-state index contributed by atoms with van der Waals surface area (Å²) in [6, 6.07) is 8.95. The molecule has 0 aromatic heterocycles. The summed E-state index contributed by atoms with van der Waals surface area (Å²) in [5.41, 5.74) is -0.590. The fraction of sp³-hybridized carbons (Fsp3) is 0.400. The van der Waals surface area contributed by atoms with E-state index >= 15 is 0 Å².